The molecule has 0 atom stereocenters. The number of nitrogens with zero attached hydrogens (tertiary/aromatic N) is 4. The zero-order valence-electron chi connectivity index (χ0n) is 9.67. The molecular formula is C11H17N5. The molecule has 0 fully saturated rings. The van der Waals surface area contributed by atoms with Gasteiger partial charge in [0.2, 0.25) is 0 Å². The summed E-state index contributed by atoms with van der Waals surface area (Å²) in [6.07, 6.45) is 5.66. The molecule has 2 aromatic heterocycles. The van der Waals surface area contributed by atoms with Crippen LogP contribution in [0.3, 0.4) is 0 Å². The Balaban J connectivity index is 2.17. The van der Waals surface area contributed by atoms with Gasteiger partial charge in [-0.3, -0.25) is 0 Å². The van der Waals surface area contributed by atoms with Crippen LogP contribution in [0.5, 0.6) is 0 Å². The summed E-state index contributed by atoms with van der Waals surface area (Å²) < 4.78 is 4.01. The van der Waals surface area contributed by atoms with Gasteiger partial charge in [0.05, 0.1) is 6.54 Å². The Bertz CT molecular complexity index is 454. The van der Waals surface area contributed by atoms with Crippen LogP contribution in [0.25, 0.3) is 0 Å². The Hall–Kier alpha value is -1.62. The van der Waals surface area contributed by atoms with Crippen LogP contribution in [0, 0.1) is 0 Å². The van der Waals surface area contributed by atoms with Crippen LogP contribution >= 0.6 is 0 Å². The van der Waals surface area contributed by atoms with Gasteiger partial charge in [-0.2, -0.15) is 5.10 Å². The predicted molar refractivity (Wildman–Crippen MR) is 61.8 cm³/mol. The Morgan fingerprint density at radius 3 is 2.88 bits per heavy atom. The maximum atomic E-state index is 5.57. The number of aromatic nitrogens is 4. The van der Waals surface area contributed by atoms with E-state index in [2.05, 4.69) is 28.5 Å². The third-order valence-corrected chi connectivity index (χ3v) is 2.51. The van der Waals surface area contributed by atoms with Crippen LogP contribution < -0.4 is 5.73 Å². The van der Waals surface area contributed by atoms with E-state index in [-0.39, 0.29) is 0 Å². The molecule has 0 saturated heterocycles. The SMILES string of the molecule is CC(C)n1ncnc1Cn1ccc(CN)c1. The van der Waals surface area contributed by atoms with E-state index in [1.54, 1.807) is 6.33 Å². The van der Waals surface area contributed by atoms with Crippen molar-refractivity contribution in [2.24, 2.45) is 5.73 Å². The quantitative estimate of drug-likeness (QED) is 0.839. The van der Waals surface area contributed by atoms with Gasteiger partial charge in [-0.05, 0) is 25.5 Å². The monoisotopic (exact) mass is 219 g/mol. The largest absolute Gasteiger partial charge is 0.346 e. The lowest BCUT2D eigenvalue weighted by atomic mass is 10.3. The first-order valence-electron chi connectivity index (χ1n) is 5.44. The zero-order chi connectivity index (χ0) is 11.5. The molecule has 2 aromatic rings. The molecule has 0 aromatic carbocycles. The molecule has 2 N–H and O–H groups in total. The standard InChI is InChI=1S/C11H17N5/c1-9(2)16-11(13-8-14-16)7-15-4-3-10(5-12)6-15/h3-4,6,8-9H,5,7,12H2,1-2H3. The van der Waals surface area contributed by atoms with Gasteiger partial charge in [-0.15, -0.1) is 0 Å². The minimum atomic E-state index is 0.335. The number of rotatable bonds is 4. The lowest BCUT2D eigenvalue weighted by Gasteiger charge is -2.09. The normalized spacial score (nSPS) is 11.2. The summed E-state index contributed by atoms with van der Waals surface area (Å²) in [6.45, 7) is 5.50. The van der Waals surface area contributed by atoms with Crippen molar-refractivity contribution in [3.63, 3.8) is 0 Å². The molecule has 0 radical (unpaired) electrons. The van der Waals surface area contributed by atoms with E-state index in [1.165, 1.54) is 0 Å². The van der Waals surface area contributed by atoms with E-state index in [0.717, 1.165) is 17.9 Å². The van der Waals surface area contributed by atoms with Gasteiger partial charge in [0, 0.05) is 25.0 Å². The van der Waals surface area contributed by atoms with Crippen LogP contribution in [-0.2, 0) is 13.1 Å². The topological polar surface area (TPSA) is 61.7 Å². The van der Waals surface area contributed by atoms with Crippen molar-refractivity contribution in [3.8, 4) is 0 Å². The van der Waals surface area contributed by atoms with Crippen molar-refractivity contribution in [3.05, 3.63) is 36.2 Å². The second-order valence-corrected chi connectivity index (χ2v) is 4.11. The Morgan fingerprint density at radius 1 is 1.44 bits per heavy atom. The summed E-state index contributed by atoms with van der Waals surface area (Å²) >= 11 is 0. The molecule has 0 bridgehead atoms. The first kappa shape index (κ1) is 10.9. The fraction of sp³-hybridized carbons (Fsp3) is 0.455. The zero-order valence-corrected chi connectivity index (χ0v) is 9.67. The predicted octanol–water partition coefficient (Wildman–Crippen LogP) is 1.17. The van der Waals surface area contributed by atoms with Crippen molar-refractivity contribution < 1.29 is 0 Å². The van der Waals surface area contributed by atoms with Gasteiger partial charge in [-0.25, -0.2) is 9.67 Å². The highest BCUT2D eigenvalue weighted by molar-refractivity contribution is 5.10. The van der Waals surface area contributed by atoms with Gasteiger partial charge in [0.25, 0.3) is 0 Å². The smallest absolute Gasteiger partial charge is 0.147 e. The minimum absolute atomic E-state index is 0.335. The fourth-order valence-electron chi connectivity index (χ4n) is 1.69. The molecular weight excluding hydrogens is 202 g/mol. The summed E-state index contributed by atoms with van der Waals surface area (Å²) in [5.74, 6) is 0.967. The molecule has 5 heteroatoms. The summed E-state index contributed by atoms with van der Waals surface area (Å²) in [5.41, 5.74) is 6.70. The van der Waals surface area contributed by atoms with Crippen LogP contribution in [0.4, 0.5) is 0 Å². The Kier molecular flexibility index (Phi) is 3.05. The van der Waals surface area contributed by atoms with E-state index in [1.807, 2.05) is 23.1 Å². The summed E-state index contributed by atoms with van der Waals surface area (Å²) in [4.78, 5) is 4.27. The molecule has 0 spiro atoms. The highest BCUT2D eigenvalue weighted by Gasteiger charge is 2.07. The van der Waals surface area contributed by atoms with E-state index < -0.39 is 0 Å². The van der Waals surface area contributed by atoms with Gasteiger partial charge >= 0.3 is 0 Å². The Labute approximate surface area is 94.9 Å². The first-order valence-corrected chi connectivity index (χ1v) is 5.44. The van der Waals surface area contributed by atoms with Gasteiger partial charge in [-0.1, -0.05) is 0 Å². The number of nitrogens with two attached hydrogens (primary N) is 1. The van der Waals surface area contributed by atoms with Crippen molar-refractivity contribution in [2.45, 2.75) is 33.0 Å². The molecule has 16 heavy (non-hydrogen) atoms. The maximum absolute atomic E-state index is 5.57. The molecule has 5 nitrogen and oxygen atoms in total. The van der Waals surface area contributed by atoms with Crippen LogP contribution in [0.15, 0.2) is 24.8 Å². The number of hydrogen-bond acceptors (Lipinski definition) is 3. The van der Waals surface area contributed by atoms with E-state index in [4.69, 9.17) is 5.73 Å². The van der Waals surface area contributed by atoms with Crippen LogP contribution in [-0.4, -0.2) is 19.3 Å². The highest BCUT2D eigenvalue weighted by atomic mass is 15.4. The summed E-state index contributed by atoms with van der Waals surface area (Å²) in [6, 6.07) is 2.36. The van der Waals surface area contributed by atoms with Gasteiger partial charge in [0.15, 0.2) is 0 Å². The average molecular weight is 219 g/mol. The second kappa shape index (κ2) is 4.49. The van der Waals surface area contributed by atoms with Crippen molar-refractivity contribution in [1.29, 1.82) is 0 Å². The third-order valence-electron chi connectivity index (χ3n) is 2.51. The van der Waals surface area contributed by atoms with E-state index in [0.29, 0.717) is 12.6 Å². The molecule has 2 rings (SSSR count). The summed E-state index contributed by atoms with van der Waals surface area (Å²) in [7, 11) is 0. The molecule has 0 amide bonds. The van der Waals surface area contributed by atoms with Gasteiger partial charge < -0.3 is 10.3 Å². The highest BCUT2D eigenvalue weighted by Crippen LogP contribution is 2.08. The fourth-order valence-corrected chi connectivity index (χ4v) is 1.69. The van der Waals surface area contributed by atoms with Crippen LogP contribution in [0.2, 0.25) is 0 Å². The minimum Gasteiger partial charge on any atom is -0.346 e. The van der Waals surface area contributed by atoms with Crippen LogP contribution in [0.1, 0.15) is 31.3 Å². The maximum Gasteiger partial charge on any atom is 0.147 e. The van der Waals surface area contributed by atoms with Crippen molar-refractivity contribution in [2.75, 3.05) is 0 Å². The van der Waals surface area contributed by atoms with Crippen molar-refractivity contribution in [1.82, 2.24) is 19.3 Å². The molecule has 0 aliphatic carbocycles. The molecule has 0 aliphatic rings. The number of hydrogen-bond donors (Lipinski definition) is 1. The molecule has 0 unspecified atom stereocenters. The third kappa shape index (κ3) is 2.14. The molecule has 2 heterocycles. The molecule has 0 aliphatic heterocycles. The lowest BCUT2D eigenvalue weighted by Crippen LogP contribution is -2.11. The summed E-state index contributed by atoms with van der Waals surface area (Å²) in [5, 5.41) is 4.21. The Morgan fingerprint density at radius 2 is 2.25 bits per heavy atom. The first-order chi connectivity index (χ1) is 7.70. The molecule has 86 valence electrons. The van der Waals surface area contributed by atoms with E-state index >= 15 is 0 Å². The molecule has 0 saturated carbocycles. The second-order valence-electron chi connectivity index (χ2n) is 4.11. The van der Waals surface area contributed by atoms with Gasteiger partial charge in [0.1, 0.15) is 12.2 Å². The van der Waals surface area contributed by atoms with Crippen molar-refractivity contribution >= 4 is 0 Å². The average Bonchev–Trinajstić information content (AvgIpc) is 2.87. The lowest BCUT2D eigenvalue weighted by molar-refractivity contribution is 0.496. The van der Waals surface area contributed by atoms with E-state index in [9.17, 15) is 0 Å².